The van der Waals surface area contributed by atoms with Gasteiger partial charge < -0.3 is 19.9 Å². The van der Waals surface area contributed by atoms with Gasteiger partial charge >= 0.3 is 0 Å². The Labute approximate surface area is 109 Å². The summed E-state index contributed by atoms with van der Waals surface area (Å²) in [5.74, 6) is 0.840. The molecule has 1 rings (SSSR count). The summed E-state index contributed by atoms with van der Waals surface area (Å²) < 4.78 is 16.3. The number of rotatable bonds is 9. The van der Waals surface area contributed by atoms with Crippen LogP contribution in [-0.4, -0.2) is 32.5 Å². The molecule has 0 fully saturated rings. The van der Waals surface area contributed by atoms with Gasteiger partial charge in [0.25, 0.3) is 0 Å². The Morgan fingerprint density at radius 2 is 1.72 bits per heavy atom. The largest absolute Gasteiger partial charge is 0.494 e. The monoisotopic (exact) mass is 253 g/mol. The number of benzene rings is 1. The number of hydrogen-bond acceptors (Lipinski definition) is 4. The molecule has 0 radical (unpaired) electrons. The van der Waals surface area contributed by atoms with E-state index in [4.69, 9.17) is 19.9 Å². The zero-order valence-electron chi connectivity index (χ0n) is 11.2. The first kappa shape index (κ1) is 14.8. The molecule has 0 amide bonds. The standard InChI is InChI=1S/C14H23NO3/c1-12(2)17-11-10-16-8-3-9-18-14-6-4-13(15)5-7-14/h4-7,12H,3,8-11,15H2,1-2H3. The average molecular weight is 253 g/mol. The maximum Gasteiger partial charge on any atom is 0.119 e. The fourth-order valence-corrected chi connectivity index (χ4v) is 1.36. The second-order valence-corrected chi connectivity index (χ2v) is 4.30. The van der Waals surface area contributed by atoms with Gasteiger partial charge in [-0.15, -0.1) is 0 Å². The minimum atomic E-state index is 0.266. The summed E-state index contributed by atoms with van der Waals surface area (Å²) in [7, 11) is 0. The van der Waals surface area contributed by atoms with Crippen LogP contribution in [0.4, 0.5) is 5.69 Å². The smallest absolute Gasteiger partial charge is 0.119 e. The van der Waals surface area contributed by atoms with Crippen molar-refractivity contribution >= 4 is 5.69 Å². The molecule has 1 aromatic rings. The summed E-state index contributed by atoms with van der Waals surface area (Å²) in [5, 5.41) is 0. The molecule has 4 heteroatoms. The lowest BCUT2D eigenvalue weighted by Crippen LogP contribution is -2.11. The van der Waals surface area contributed by atoms with Crippen LogP contribution in [0.1, 0.15) is 20.3 Å². The van der Waals surface area contributed by atoms with Crippen LogP contribution in [-0.2, 0) is 9.47 Å². The Bertz CT molecular complexity index is 311. The van der Waals surface area contributed by atoms with Gasteiger partial charge in [-0.25, -0.2) is 0 Å². The molecule has 2 N–H and O–H groups in total. The zero-order chi connectivity index (χ0) is 13.2. The lowest BCUT2D eigenvalue weighted by Gasteiger charge is -2.09. The van der Waals surface area contributed by atoms with Crippen LogP contribution in [0.15, 0.2) is 24.3 Å². The Kier molecular flexibility index (Phi) is 7.22. The third-order valence-electron chi connectivity index (χ3n) is 2.26. The molecule has 18 heavy (non-hydrogen) atoms. The molecule has 0 atom stereocenters. The van der Waals surface area contributed by atoms with E-state index in [1.165, 1.54) is 0 Å². The van der Waals surface area contributed by atoms with E-state index in [0.717, 1.165) is 17.9 Å². The second kappa shape index (κ2) is 8.78. The highest BCUT2D eigenvalue weighted by molar-refractivity contribution is 5.41. The Hall–Kier alpha value is -1.26. The van der Waals surface area contributed by atoms with E-state index in [0.29, 0.717) is 26.4 Å². The molecule has 1 aromatic carbocycles. The van der Waals surface area contributed by atoms with Crippen LogP contribution in [0.2, 0.25) is 0 Å². The molecule has 0 aliphatic rings. The summed E-state index contributed by atoms with van der Waals surface area (Å²) in [5.41, 5.74) is 6.33. The Balaban J connectivity index is 1.94. The van der Waals surface area contributed by atoms with Crippen molar-refractivity contribution in [3.05, 3.63) is 24.3 Å². The first-order valence-electron chi connectivity index (χ1n) is 6.36. The number of nitrogens with two attached hydrogens (primary N) is 1. The van der Waals surface area contributed by atoms with Crippen molar-refractivity contribution in [3.63, 3.8) is 0 Å². The van der Waals surface area contributed by atoms with Crippen molar-refractivity contribution in [1.82, 2.24) is 0 Å². The summed E-state index contributed by atoms with van der Waals surface area (Å²) in [6.07, 6.45) is 1.13. The predicted molar refractivity (Wildman–Crippen MR) is 72.9 cm³/mol. The lowest BCUT2D eigenvalue weighted by molar-refractivity contribution is 0.0170. The number of ether oxygens (including phenoxy) is 3. The van der Waals surface area contributed by atoms with Gasteiger partial charge in [0.05, 0.1) is 25.9 Å². The summed E-state index contributed by atoms with van der Waals surface area (Å²) >= 11 is 0. The van der Waals surface area contributed by atoms with Crippen molar-refractivity contribution in [2.75, 3.05) is 32.2 Å². The van der Waals surface area contributed by atoms with E-state index >= 15 is 0 Å². The zero-order valence-corrected chi connectivity index (χ0v) is 11.2. The van der Waals surface area contributed by atoms with Crippen LogP contribution in [0.25, 0.3) is 0 Å². The Morgan fingerprint density at radius 1 is 1.00 bits per heavy atom. The van der Waals surface area contributed by atoms with Crippen LogP contribution < -0.4 is 10.5 Å². The van der Waals surface area contributed by atoms with E-state index < -0.39 is 0 Å². The Morgan fingerprint density at radius 3 is 2.39 bits per heavy atom. The van der Waals surface area contributed by atoms with Gasteiger partial charge in [0.2, 0.25) is 0 Å². The SMILES string of the molecule is CC(C)OCCOCCCOc1ccc(N)cc1. The quantitative estimate of drug-likeness (QED) is 0.542. The number of nitrogen functional groups attached to an aromatic ring is 1. The van der Waals surface area contributed by atoms with Crippen molar-refractivity contribution in [3.8, 4) is 5.75 Å². The van der Waals surface area contributed by atoms with Crippen molar-refractivity contribution in [2.24, 2.45) is 0 Å². The van der Waals surface area contributed by atoms with E-state index in [9.17, 15) is 0 Å². The van der Waals surface area contributed by atoms with Gasteiger partial charge in [0.15, 0.2) is 0 Å². The maximum atomic E-state index is 5.58. The van der Waals surface area contributed by atoms with E-state index in [1.807, 2.05) is 38.1 Å². The highest BCUT2D eigenvalue weighted by atomic mass is 16.5. The van der Waals surface area contributed by atoms with Crippen LogP contribution in [0, 0.1) is 0 Å². The highest BCUT2D eigenvalue weighted by Crippen LogP contribution is 2.12. The van der Waals surface area contributed by atoms with Gasteiger partial charge in [-0.3, -0.25) is 0 Å². The van der Waals surface area contributed by atoms with Gasteiger partial charge in [-0.05, 0) is 38.1 Å². The number of anilines is 1. The molecule has 4 nitrogen and oxygen atoms in total. The molecule has 102 valence electrons. The minimum absolute atomic E-state index is 0.266. The second-order valence-electron chi connectivity index (χ2n) is 4.30. The third-order valence-corrected chi connectivity index (χ3v) is 2.26. The molecule has 0 saturated carbocycles. The maximum absolute atomic E-state index is 5.58. The molecular formula is C14H23NO3. The first-order valence-corrected chi connectivity index (χ1v) is 6.36. The molecule has 0 bridgehead atoms. The van der Waals surface area contributed by atoms with Gasteiger partial charge in [0.1, 0.15) is 5.75 Å². The molecule has 0 aromatic heterocycles. The van der Waals surface area contributed by atoms with E-state index in [2.05, 4.69) is 0 Å². The summed E-state index contributed by atoms with van der Waals surface area (Å²) in [6, 6.07) is 7.39. The van der Waals surface area contributed by atoms with Crippen LogP contribution >= 0.6 is 0 Å². The molecular weight excluding hydrogens is 230 g/mol. The molecule has 0 heterocycles. The van der Waals surface area contributed by atoms with Gasteiger partial charge in [-0.2, -0.15) is 0 Å². The lowest BCUT2D eigenvalue weighted by atomic mass is 10.3. The number of hydrogen-bond donors (Lipinski definition) is 1. The normalized spacial score (nSPS) is 10.8. The fourth-order valence-electron chi connectivity index (χ4n) is 1.36. The minimum Gasteiger partial charge on any atom is -0.494 e. The molecule has 0 spiro atoms. The third kappa shape index (κ3) is 7.14. The first-order chi connectivity index (χ1) is 8.68. The van der Waals surface area contributed by atoms with Crippen LogP contribution in [0.5, 0.6) is 5.75 Å². The summed E-state index contributed by atoms with van der Waals surface area (Å²) in [4.78, 5) is 0. The summed E-state index contributed by atoms with van der Waals surface area (Å²) in [6.45, 7) is 6.66. The van der Waals surface area contributed by atoms with Gasteiger partial charge in [-0.1, -0.05) is 0 Å². The molecule has 0 unspecified atom stereocenters. The fraction of sp³-hybridized carbons (Fsp3) is 0.571. The van der Waals surface area contributed by atoms with Crippen molar-refractivity contribution < 1.29 is 14.2 Å². The molecule has 0 saturated heterocycles. The van der Waals surface area contributed by atoms with Crippen molar-refractivity contribution in [1.29, 1.82) is 0 Å². The molecule has 0 aliphatic heterocycles. The molecule has 0 aliphatic carbocycles. The van der Waals surface area contributed by atoms with Gasteiger partial charge in [0, 0.05) is 18.7 Å². The van der Waals surface area contributed by atoms with Crippen LogP contribution in [0.3, 0.4) is 0 Å². The predicted octanol–water partition coefficient (Wildman–Crippen LogP) is 2.48. The van der Waals surface area contributed by atoms with E-state index in [-0.39, 0.29) is 6.10 Å². The highest BCUT2D eigenvalue weighted by Gasteiger charge is 1.95. The van der Waals surface area contributed by atoms with Crippen molar-refractivity contribution in [2.45, 2.75) is 26.4 Å². The van der Waals surface area contributed by atoms with E-state index in [1.54, 1.807) is 0 Å². The average Bonchev–Trinajstić information content (AvgIpc) is 2.34. The topological polar surface area (TPSA) is 53.7 Å².